The zero-order valence-electron chi connectivity index (χ0n) is 18.3. The van der Waals surface area contributed by atoms with Crippen LogP contribution in [-0.2, 0) is 6.73 Å². The van der Waals surface area contributed by atoms with E-state index in [1.165, 1.54) is 28.9 Å². The normalized spacial score (nSPS) is 10.6. The summed E-state index contributed by atoms with van der Waals surface area (Å²) in [4.78, 5) is 23.6. The van der Waals surface area contributed by atoms with E-state index >= 15 is 0 Å². The first-order valence-electron chi connectivity index (χ1n) is 10.2. The van der Waals surface area contributed by atoms with Gasteiger partial charge in [0.1, 0.15) is 17.2 Å². The molecule has 0 bridgehead atoms. The van der Waals surface area contributed by atoms with Gasteiger partial charge >= 0.3 is 0 Å². The van der Waals surface area contributed by atoms with E-state index in [1.807, 2.05) is 12.1 Å². The summed E-state index contributed by atoms with van der Waals surface area (Å²) in [5, 5.41) is 18.8. The van der Waals surface area contributed by atoms with Crippen LogP contribution in [0.15, 0.2) is 77.4 Å². The van der Waals surface area contributed by atoms with Crippen molar-refractivity contribution in [3.05, 3.63) is 104 Å². The topological polar surface area (TPSA) is 109 Å². The number of benzene rings is 3. The summed E-state index contributed by atoms with van der Waals surface area (Å²) >= 11 is 9.34. The van der Waals surface area contributed by atoms with Crippen molar-refractivity contribution in [2.24, 2.45) is 0 Å². The molecule has 0 aliphatic carbocycles. The van der Waals surface area contributed by atoms with Crippen LogP contribution in [0.4, 0.5) is 11.4 Å². The number of aromatic nitrogens is 2. The number of amides is 1. The lowest BCUT2D eigenvalue weighted by Crippen LogP contribution is -2.14. The Balaban J connectivity index is 1.47. The van der Waals surface area contributed by atoms with Crippen molar-refractivity contribution in [2.45, 2.75) is 13.7 Å². The van der Waals surface area contributed by atoms with Crippen molar-refractivity contribution in [2.75, 3.05) is 5.32 Å². The average molecular weight is 558 g/mol. The lowest BCUT2D eigenvalue weighted by atomic mass is 10.2. The molecule has 0 fully saturated rings. The number of hydrogen-bond acceptors (Lipinski definition) is 6. The summed E-state index contributed by atoms with van der Waals surface area (Å²) in [6, 6.07) is 17.9. The number of anilines is 1. The van der Waals surface area contributed by atoms with E-state index in [2.05, 4.69) is 26.3 Å². The fourth-order valence-electron chi connectivity index (χ4n) is 3.10. The van der Waals surface area contributed by atoms with Crippen molar-refractivity contribution < 1.29 is 19.2 Å². The number of hydrogen-bond donors (Lipinski definition) is 1. The molecule has 1 amide bonds. The third-order valence-electron chi connectivity index (χ3n) is 4.78. The second kappa shape index (κ2) is 10.6. The molecule has 9 nitrogen and oxygen atoms in total. The largest absolute Gasteiger partial charge is 0.471 e. The van der Waals surface area contributed by atoms with Gasteiger partial charge in [-0.1, -0.05) is 27.5 Å². The van der Waals surface area contributed by atoms with E-state index in [0.29, 0.717) is 16.5 Å². The molecule has 1 heterocycles. The van der Waals surface area contributed by atoms with Crippen LogP contribution < -0.4 is 14.8 Å². The van der Waals surface area contributed by atoms with Crippen molar-refractivity contribution >= 4 is 44.8 Å². The molecule has 1 aromatic heterocycles. The predicted octanol–water partition coefficient (Wildman–Crippen LogP) is 6.60. The number of carbonyl (C=O) groups excluding carboxylic acids is 1. The zero-order chi connectivity index (χ0) is 24.9. The van der Waals surface area contributed by atoms with Gasteiger partial charge in [0.25, 0.3) is 11.6 Å². The van der Waals surface area contributed by atoms with E-state index in [0.717, 1.165) is 10.0 Å². The van der Waals surface area contributed by atoms with Crippen LogP contribution in [0.3, 0.4) is 0 Å². The van der Waals surface area contributed by atoms with Gasteiger partial charge in [-0.25, -0.2) is 4.68 Å². The highest BCUT2D eigenvalue weighted by Gasteiger charge is 2.16. The minimum Gasteiger partial charge on any atom is -0.471 e. The van der Waals surface area contributed by atoms with Crippen LogP contribution in [0.5, 0.6) is 17.2 Å². The Hall–Kier alpha value is -3.89. The maximum Gasteiger partial charge on any atom is 0.276 e. The number of nitrogens with zero attached hydrogens (tertiary/aromatic N) is 3. The minimum atomic E-state index is -0.564. The number of halogens is 2. The molecule has 35 heavy (non-hydrogen) atoms. The summed E-state index contributed by atoms with van der Waals surface area (Å²) in [5.41, 5.74) is 0.821. The molecule has 178 valence electrons. The number of aryl methyl sites for hydroxylation is 1. The van der Waals surface area contributed by atoms with E-state index in [4.69, 9.17) is 21.1 Å². The second-order valence-electron chi connectivity index (χ2n) is 7.41. The Morgan fingerprint density at radius 3 is 2.60 bits per heavy atom. The van der Waals surface area contributed by atoms with Gasteiger partial charge in [0.15, 0.2) is 12.4 Å². The average Bonchev–Trinajstić information content (AvgIpc) is 3.30. The number of ether oxygens (including phenoxy) is 2. The van der Waals surface area contributed by atoms with E-state index in [1.54, 1.807) is 43.5 Å². The summed E-state index contributed by atoms with van der Waals surface area (Å²) < 4.78 is 13.8. The fraction of sp³-hybridized carbons (Fsp3) is 0.0833. The van der Waals surface area contributed by atoms with Crippen molar-refractivity contribution in [3.63, 3.8) is 0 Å². The molecule has 0 aliphatic rings. The van der Waals surface area contributed by atoms with Gasteiger partial charge in [-0.15, -0.1) is 0 Å². The minimum absolute atomic E-state index is 0.101. The van der Waals surface area contributed by atoms with Crippen LogP contribution >= 0.6 is 27.5 Å². The van der Waals surface area contributed by atoms with Gasteiger partial charge in [0.05, 0.1) is 16.7 Å². The molecule has 4 rings (SSSR count). The Morgan fingerprint density at radius 1 is 1.11 bits per heavy atom. The standard InChI is InChI=1S/C24H18BrClN4O5/c1-15-10-17(26)4-7-23(15)35-21-12-18(11-19(13-21)30(32)33)27-24(31)22-8-9-29(28-22)14-34-20-5-2-16(25)3-6-20/h2-13H,14H2,1H3,(H,27,31). The van der Waals surface area contributed by atoms with Gasteiger partial charge in [-0.3, -0.25) is 14.9 Å². The molecular formula is C24H18BrClN4O5. The molecule has 0 saturated heterocycles. The SMILES string of the molecule is Cc1cc(Cl)ccc1Oc1cc(NC(=O)c2ccn(COc3ccc(Br)cc3)n2)cc([N+](=O)[O-])c1. The number of nitrogens with one attached hydrogen (secondary N) is 1. The zero-order valence-corrected chi connectivity index (χ0v) is 20.6. The number of rotatable bonds is 8. The van der Waals surface area contributed by atoms with Crippen molar-refractivity contribution in [1.82, 2.24) is 9.78 Å². The lowest BCUT2D eigenvalue weighted by molar-refractivity contribution is -0.384. The maximum atomic E-state index is 12.7. The van der Waals surface area contributed by atoms with Gasteiger partial charge in [0.2, 0.25) is 0 Å². The first-order valence-corrected chi connectivity index (χ1v) is 11.4. The third kappa shape index (κ3) is 6.37. The Labute approximate surface area is 213 Å². The van der Waals surface area contributed by atoms with Crippen LogP contribution in [0.25, 0.3) is 0 Å². The molecule has 0 saturated carbocycles. The molecule has 0 aliphatic heterocycles. The highest BCUT2D eigenvalue weighted by atomic mass is 79.9. The number of nitro groups is 1. The summed E-state index contributed by atoms with van der Waals surface area (Å²) in [6.07, 6.45) is 1.60. The molecule has 4 aromatic rings. The Morgan fingerprint density at radius 2 is 1.89 bits per heavy atom. The maximum absolute atomic E-state index is 12.7. The van der Waals surface area contributed by atoms with Gasteiger partial charge in [0, 0.05) is 27.8 Å². The molecule has 0 spiro atoms. The number of non-ortho nitro benzene ring substituents is 1. The number of carbonyl (C=O) groups is 1. The molecule has 11 heteroatoms. The van der Waals surface area contributed by atoms with E-state index in [9.17, 15) is 14.9 Å². The second-order valence-corrected chi connectivity index (χ2v) is 8.76. The van der Waals surface area contributed by atoms with E-state index < -0.39 is 10.8 Å². The van der Waals surface area contributed by atoms with Crippen LogP contribution in [0, 0.1) is 17.0 Å². The molecule has 0 unspecified atom stereocenters. The molecule has 0 atom stereocenters. The third-order valence-corrected chi connectivity index (χ3v) is 5.54. The van der Waals surface area contributed by atoms with Gasteiger partial charge in [-0.05, 0) is 61.0 Å². The van der Waals surface area contributed by atoms with Crippen molar-refractivity contribution in [1.29, 1.82) is 0 Å². The molecule has 3 aromatic carbocycles. The Kier molecular flexibility index (Phi) is 7.33. The van der Waals surface area contributed by atoms with Gasteiger partial charge in [-0.2, -0.15) is 5.10 Å². The Bertz CT molecular complexity index is 1390. The first-order chi connectivity index (χ1) is 16.8. The predicted molar refractivity (Wildman–Crippen MR) is 134 cm³/mol. The quantitative estimate of drug-likeness (QED) is 0.193. The van der Waals surface area contributed by atoms with Gasteiger partial charge < -0.3 is 14.8 Å². The summed E-state index contributed by atoms with van der Waals surface area (Å²) in [5.74, 6) is 0.779. The first kappa shape index (κ1) is 24.2. The highest BCUT2D eigenvalue weighted by molar-refractivity contribution is 9.10. The van der Waals surface area contributed by atoms with Crippen molar-refractivity contribution in [3.8, 4) is 17.2 Å². The molecular weight excluding hydrogens is 540 g/mol. The summed E-state index contributed by atoms with van der Waals surface area (Å²) in [6.45, 7) is 1.90. The summed E-state index contributed by atoms with van der Waals surface area (Å²) in [7, 11) is 0. The fourth-order valence-corrected chi connectivity index (χ4v) is 3.59. The van der Waals surface area contributed by atoms with Crippen LogP contribution in [-0.4, -0.2) is 20.6 Å². The monoisotopic (exact) mass is 556 g/mol. The highest BCUT2D eigenvalue weighted by Crippen LogP contribution is 2.32. The number of nitro benzene ring substituents is 1. The molecule has 1 N–H and O–H groups in total. The lowest BCUT2D eigenvalue weighted by Gasteiger charge is -2.11. The molecule has 0 radical (unpaired) electrons. The van der Waals surface area contributed by atoms with E-state index in [-0.39, 0.29) is 29.5 Å². The van der Waals surface area contributed by atoms with Crippen LogP contribution in [0.1, 0.15) is 16.1 Å². The smallest absolute Gasteiger partial charge is 0.276 e. The van der Waals surface area contributed by atoms with Crippen LogP contribution in [0.2, 0.25) is 5.02 Å².